The van der Waals surface area contributed by atoms with Crippen LogP contribution in [-0.4, -0.2) is 42.9 Å². The van der Waals surface area contributed by atoms with Crippen LogP contribution in [0.15, 0.2) is 53.7 Å². The molecule has 0 radical (unpaired) electrons. The molecule has 31 heavy (non-hydrogen) atoms. The van der Waals surface area contributed by atoms with E-state index in [2.05, 4.69) is 45.6 Å². The molecular formula is C24H27N5O2. The van der Waals surface area contributed by atoms with Crippen LogP contribution >= 0.6 is 0 Å². The van der Waals surface area contributed by atoms with Crippen molar-refractivity contribution in [3.05, 3.63) is 54.4 Å². The van der Waals surface area contributed by atoms with Gasteiger partial charge in [0.2, 0.25) is 0 Å². The maximum absolute atomic E-state index is 5.51. The van der Waals surface area contributed by atoms with Crippen LogP contribution in [0.3, 0.4) is 0 Å². The molecule has 1 aliphatic heterocycles. The lowest BCUT2D eigenvalue weighted by Crippen LogP contribution is -2.26. The first-order valence-electron chi connectivity index (χ1n) is 10.6. The van der Waals surface area contributed by atoms with Gasteiger partial charge in [-0.15, -0.1) is 0 Å². The smallest absolute Gasteiger partial charge is 0.149 e. The van der Waals surface area contributed by atoms with Crippen LogP contribution in [0.25, 0.3) is 0 Å². The average molecular weight is 418 g/mol. The number of hydrogen-bond acceptors (Lipinski definition) is 6. The number of hydrogen-bond donors (Lipinski definition) is 1. The van der Waals surface area contributed by atoms with Crippen molar-refractivity contribution in [1.29, 1.82) is 0 Å². The molecule has 7 heteroatoms. The normalized spacial score (nSPS) is 15.0. The van der Waals surface area contributed by atoms with Crippen LogP contribution in [0.4, 0.5) is 22.7 Å². The summed E-state index contributed by atoms with van der Waals surface area (Å²) in [5.41, 5.74) is 5.18. The maximum Gasteiger partial charge on any atom is 0.149 e. The van der Waals surface area contributed by atoms with Gasteiger partial charge in [-0.25, -0.2) is 9.67 Å². The minimum atomic E-state index is 0.647. The van der Waals surface area contributed by atoms with E-state index in [0.29, 0.717) is 12.5 Å². The van der Waals surface area contributed by atoms with E-state index in [1.807, 2.05) is 23.7 Å². The predicted molar refractivity (Wildman–Crippen MR) is 124 cm³/mol. The molecule has 0 amide bonds. The molecule has 1 fully saturated rings. The zero-order chi connectivity index (χ0) is 21.4. The van der Waals surface area contributed by atoms with Gasteiger partial charge in [-0.2, -0.15) is 5.10 Å². The highest BCUT2D eigenvalue weighted by atomic mass is 16.5. The van der Waals surface area contributed by atoms with E-state index >= 15 is 0 Å². The van der Waals surface area contributed by atoms with Gasteiger partial charge in [0.05, 0.1) is 32.1 Å². The number of anilines is 3. The van der Waals surface area contributed by atoms with Gasteiger partial charge in [-0.3, -0.25) is 0 Å². The molecule has 2 heterocycles. The Labute approximate surface area is 182 Å². The highest BCUT2D eigenvalue weighted by Crippen LogP contribution is 2.40. The standard InChI is InChI=1S/C24H27N5O2/c1-16-8-9-26-29(16)24-14-25-22-7-6-18(12-23(22)27-24)28(15-17-4-5-17)19-10-20(30-2)13-21(11-19)31-3/h6-13,17,25H,4-5,14-15H2,1-3H3. The van der Waals surface area contributed by atoms with Gasteiger partial charge in [-0.1, -0.05) is 0 Å². The number of nitrogens with one attached hydrogen (secondary N) is 1. The summed E-state index contributed by atoms with van der Waals surface area (Å²) in [5.74, 6) is 3.16. The van der Waals surface area contributed by atoms with Crippen molar-refractivity contribution in [3.8, 4) is 11.5 Å². The summed E-state index contributed by atoms with van der Waals surface area (Å²) in [6.07, 6.45) is 4.34. The molecule has 1 N–H and O–H groups in total. The fraction of sp³-hybridized carbons (Fsp3) is 0.333. The molecule has 0 saturated heterocycles. The van der Waals surface area contributed by atoms with Gasteiger partial charge in [0.15, 0.2) is 0 Å². The van der Waals surface area contributed by atoms with Crippen molar-refractivity contribution in [1.82, 2.24) is 9.78 Å². The molecular weight excluding hydrogens is 390 g/mol. The van der Waals surface area contributed by atoms with E-state index < -0.39 is 0 Å². The third kappa shape index (κ3) is 3.95. The molecule has 7 nitrogen and oxygen atoms in total. The highest BCUT2D eigenvalue weighted by molar-refractivity contribution is 5.95. The van der Waals surface area contributed by atoms with Gasteiger partial charge in [0, 0.05) is 48.0 Å². The van der Waals surface area contributed by atoms with Crippen molar-refractivity contribution in [2.75, 3.05) is 37.5 Å². The molecule has 0 bridgehead atoms. The second-order valence-electron chi connectivity index (χ2n) is 8.09. The Balaban J connectivity index is 1.55. The van der Waals surface area contributed by atoms with Gasteiger partial charge < -0.3 is 19.7 Å². The summed E-state index contributed by atoms with van der Waals surface area (Å²) in [6.45, 7) is 3.64. The first kappa shape index (κ1) is 19.5. The number of fused-ring (bicyclic) bond motifs is 1. The average Bonchev–Trinajstić information content (AvgIpc) is 3.53. The largest absolute Gasteiger partial charge is 0.497 e. The van der Waals surface area contributed by atoms with E-state index in [1.165, 1.54) is 12.8 Å². The molecule has 0 atom stereocenters. The van der Waals surface area contributed by atoms with E-state index in [-0.39, 0.29) is 0 Å². The van der Waals surface area contributed by atoms with Crippen LogP contribution in [-0.2, 0) is 0 Å². The van der Waals surface area contributed by atoms with Crippen molar-refractivity contribution in [3.63, 3.8) is 0 Å². The lowest BCUT2D eigenvalue weighted by molar-refractivity contribution is 0.394. The number of aromatic nitrogens is 2. The molecule has 1 aromatic heterocycles. The Morgan fingerprint density at radius 2 is 1.81 bits per heavy atom. The number of aliphatic imine (C=N–C) groups is 1. The summed E-state index contributed by atoms with van der Waals surface area (Å²) in [5, 5.41) is 7.88. The van der Waals surface area contributed by atoms with Crippen molar-refractivity contribution in [2.45, 2.75) is 19.8 Å². The van der Waals surface area contributed by atoms with Gasteiger partial charge in [0.1, 0.15) is 17.3 Å². The zero-order valence-electron chi connectivity index (χ0n) is 18.1. The summed E-state index contributed by atoms with van der Waals surface area (Å²) < 4.78 is 12.9. The Morgan fingerprint density at radius 1 is 1.03 bits per heavy atom. The highest BCUT2D eigenvalue weighted by Gasteiger charge is 2.26. The SMILES string of the molecule is COc1cc(OC)cc(N(CC2CC2)c2ccc3c(c2)N=C(n2nccc2C)CN3)c1. The number of rotatable bonds is 6. The molecule has 2 aromatic carbocycles. The third-order valence-electron chi connectivity index (χ3n) is 5.84. The molecule has 5 rings (SSSR count). The zero-order valence-corrected chi connectivity index (χ0v) is 18.1. The topological polar surface area (TPSA) is 63.9 Å². The van der Waals surface area contributed by atoms with Gasteiger partial charge in [-0.05, 0) is 49.9 Å². The van der Waals surface area contributed by atoms with Crippen LogP contribution in [0.2, 0.25) is 0 Å². The van der Waals surface area contributed by atoms with Crippen LogP contribution < -0.4 is 19.7 Å². The number of aryl methyl sites for hydroxylation is 1. The Bertz CT molecular complexity index is 1110. The second-order valence-corrected chi connectivity index (χ2v) is 8.09. The first-order chi connectivity index (χ1) is 15.1. The predicted octanol–water partition coefficient (Wildman–Crippen LogP) is 4.76. The molecule has 160 valence electrons. The van der Waals surface area contributed by atoms with E-state index in [0.717, 1.165) is 52.3 Å². The van der Waals surface area contributed by atoms with E-state index in [9.17, 15) is 0 Å². The maximum atomic E-state index is 5.51. The van der Waals surface area contributed by atoms with E-state index in [1.54, 1.807) is 20.4 Å². The number of ether oxygens (including phenoxy) is 2. The summed E-state index contributed by atoms with van der Waals surface area (Å²) in [7, 11) is 3.36. The fourth-order valence-electron chi connectivity index (χ4n) is 3.91. The molecule has 1 saturated carbocycles. The van der Waals surface area contributed by atoms with Crippen LogP contribution in [0.1, 0.15) is 18.5 Å². The minimum Gasteiger partial charge on any atom is -0.497 e. The lowest BCUT2D eigenvalue weighted by atomic mass is 10.1. The first-order valence-corrected chi connectivity index (χ1v) is 10.6. The Kier molecular flexibility index (Phi) is 5.02. The van der Waals surface area contributed by atoms with E-state index in [4.69, 9.17) is 14.5 Å². The van der Waals surface area contributed by atoms with Crippen LogP contribution in [0.5, 0.6) is 11.5 Å². The van der Waals surface area contributed by atoms with Crippen molar-refractivity contribution in [2.24, 2.45) is 10.9 Å². The van der Waals surface area contributed by atoms with Crippen molar-refractivity contribution >= 4 is 28.6 Å². The number of nitrogens with zero attached hydrogens (tertiary/aromatic N) is 4. The molecule has 0 spiro atoms. The molecule has 0 unspecified atom stereocenters. The third-order valence-corrected chi connectivity index (χ3v) is 5.84. The Hall–Kier alpha value is -3.48. The second kappa shape index (κ2) is 7.98. The summed E-state index contributed by atoms with van der Waals surface area (Å²) in [4.78, 5) is 7.27. The summed E-state index contributed by atoms with van der Waals surface area (Å²) in [6, 6.07) is 14.4. The molecule has 1 aliphatic carbocycles. The monoisotopic (exact) mass is 417 g/mol. The Morgan fingerprint density at radius 3 is 2.45 bits per heavy atom. The summed E-state index contributed by atoms with van der Waals surface area (Å²) >= 11 is 0. The quantitative estimate of drug-likeness (QED) is 0.626. The number of methoxy groups -OCH3 is 2. The lowest BCUT2D eigenvalue weighted by Gasteiger charge is -2.27. The molecule has 2 aliphatic rings. The fourth-order valence-corrected chi connectivity index (χ4v) is 3.91. The minimum absolute atomic E-state index is 0.647. The molecule has 3 aromatic rings. The van der Waals surface area contributed by atoms with Gasteiger partial charge >= 0.3 is 0 Å². The van der Waals surface area contributed by atoms with Crippen LogP contribution in [0, 0.1) is 12.8 Å². The number of benzene rings is 2. The van der Waals surface area contributed by atoms with Gasteiger partial charge in [0.25, 0.3) is 0 Å². The van der Waals surface area contributed by atoms with Crippen molar-refractivity contribution < 1.29 is 9.47 Å².